The fraction of sp³-hybridized carbons (Fsp3) is 0.560. The van der Waals surface area contributed by atoms with E-state index in [1.807, 2.05) is 0 Å². The molecule has 0 saturated carbocycles. The predicted octanol–water partition coefficient (Wildman–Crippen LogP) is 4.46. The van der Waals surface area contributed by atoms with E-state index in [2.05, 4.69) is 20.9 Å². The third-order valence-corrected chi connectivity index (χ3v) is 3.78. The Morgan fingerprint density at radius 3 is 1.65 bits per heavy atom. The second kappa shape index (κ2) is 12.4. The highest BCUT2D eigenvalue weighted by Crippen LogP contribution is 2.22. The first-order valence-electron chi connectivity index (χ1n) is 11.5. The number of aliphatic imine (C=N–C) groups is 1. The molecule has 0 radical (unpaired) electrons. The van der Waals surface area contributed by atoms with Crippen molar-refractivity contribution in [3.63, 3.8) is 0 Å². The minimum Gasteiger partial charge on any atom is -0.467 e. The van der Waals surface area contributed by atoms with Gasteiger partial charge in [-0.05, 0) is 80.0 Å². The summed E-state index contributed by atoms with van der Waals surface area (Å²) in [6.45, 7) is 15.1. The molecule has 0 spiro atoms. The number of nitrogens with one attached hydrogen (secondary N) is 3. The number of guanidine groups is 1. The predicted molar refractivity (Wildman–Crippen MR) is 136 cm³/mol. The van der Waals surface area contributed by atoms with Gasteiger partial charge in [-0.25, -0.2) is 24.2 Å². The van der Waals surface area contributed by atoms with Crippen LogP contribution in [-0.4, -0.2) is 54.1 Å². The number of benzene rings is 1. The fourth-order valence-corrected chi connectivity index (χ4v) is 2.61. The molecule has 37 heavy (non-hydrogen) atoms. The van der Waals surface area contributed by atoms with Gasteiger partial charge in [0.1, 0.15) is 16.8 Å². The van der Waals surface area contributed by atoms with E-state index in [9.17, 15) is 19.2 Å². The maximum Gasteiger partial charge on any atom is 0.414 e. The summed E-state index contributed by atoms with van der Waals surface area (Å²) in [6.07, 6.45) is -2.55. The van der Waals surface area contributed by atoms with Crippen LogP contribution in [0.1, 0.15) is 73.9 Å². The highest BCUT2D eigenvalue weighted by atomic mass is 16.6. The second-order valence-corrected chi connectivity index (χ2v) is 10.9. The van der Waals surface area contributed by atoms with Crippen molar-refractivity contribution in [2.75, 3.05) is 7.11 Å². The molecule has 0 aliphatic rings. The molecule has 0 fully saturated rings. The number of rotatable bonds is 4. The molecule has 0 aromatic heterocycles. The van der Waals surface area contributed by atoms with Crippen molar-refractivity contribution in [3.05, 3.63) is 29.8 Å². The summed E-state index contributed by atoms with van der Waals surface area (Å²) in [6, 6.07) is 4.95. The standard InChI is InChI=1S/C25H38N4O8/c1-23(2,3)35-20(31)27-17(18(30)34-10)15-12-11-13-16(14-15)26-19(28-21(32)36-24(4,5)6)29-22(33)37-25(7,8)9/h11-14,17H,1-10H3,(H,27,31)(H2,26,28,29,32,33)/t17-/m0/s1. The molecule has 0 aliphatic carbocycles. The third kappa shape index (κ3) is 13.2. The molecule has 0 bridgehead atoms. The van der Waals surface area contributed by atoms with Crippen LogP contribution in [0.25, 0.3) is 0 Å². The van der Waals surface area contributed by atoms with Crippen LogP contribution in [0.5, 0.6) is 0 Å². The van der Waals surface area contributed by atoms with E-state index in [1.165, 1.54) is 13.2 Å². The minimum atomic E-state index is -1.21. The monoisotopic (exact) mass is 522 g/mol. The number of esters is 1. The first-order valence-corrected chi connectivity index (χ1v) is 11.5. The van der Waals surface area contributed by atoms with Crippen molar-refractivity contribution in [2.45, 2.75) is 85.2 Å². The molecule has 12 nitrogen and oxygen atoms in total. The first-order chi connectivity index (χ1) is 16.8. The van der Waals surface area contributed by atoms with Crippen LogP contribution in [0.3, 0.4) is 0 Å². The zero-order chi connectivity index (χ0) is 28.6. The SMILES string of the molecule is COC(=O)[C@@H](NC(=O)OC(C)(C)C)c1cccc(N=C(NC(=O)OC(C)(C)C)NC(=O)OC(C)(C)C)c1. The number of nitrogens with zero attached hydrogens (tertiary/aromatic N) is 1. The van der Waals surface area contributed by atoms with Gasteiger partial charge in [0.2, 0.25) is 5.96 Å². The average molecular weight is 523 g/mol. The smallest absolute Gasteiger partial charge is 0.414 e. The summed E-state index contributed by atoms with van der Waals surface area (Å²) in [5, 5.41) is 7.22. The number of amides is 3. The Balaban J connectivity index is 3.33. The van der Waals surface area contributed by atoms with E-state index in [4.69, 9.17) is 18.9 Å². The lowest BCUT2D eigenvalue weighted by atomic mass is 10.1. The highest BCUT2D eigenvalue weighted by Gasteiger charge is 2.27. The lowest BCUT2D eigenvalue weighted by Crippen LogP contribution is -2.47. The normalized spacial score (nSPS) is 12.4. The molecule has 0 aliphatic heterocycles. The van der Waals surface area contributed by atoms with E-state index >= 15 is 0 Å². The molecule has 1 atom stereocenters. The first kappa shape index (κ1) is 31.2. The number of hydrogen-bond acceptors (Lipinski definition) is 9. The van der Waals surface area contributed by atoms with Crippen LogP contribution in [-0.2, 0) is 23.7 Å². The number of carbonyl (C=O) groups excluding carboxylic acids is 4. The zero-order valence-corrected chi connectivity index (χ0v) is 23.1. The molecule has 3 N–H and O–H groups in total. The molecular weight excluding hydrogens is 484 g/mol. The Morgan fingerprint density at radius 2 is 1.22 bits per heavy atom. The molecule has 0 saturated heterocycles. The van der Waals surface area contributed by atoms with E-state index in [1.54, 1.807) is 80.5 Å². The molecule has 206 valence electrons. The van der Waals surface area contributed by atoms with Crippen molar-refractivity contribution in [3.8, 4) is 0 Å². The van der Waals surface area contributed by atoms with Crippen LogP contribution in [0, 0.1) is 0 Å². The number of carbonyl (C=O) groups is 4. The van der Waals surface area contributed by atoms with Gasteiger partial charge >= 0.3 is 24.2 Å². The van der Waals surface area contributed by atoms with Crippen molar-refractivity contribution in [2.24, 2.45) is 4.99 Å². The van der Waals surface area contributed by atoms with Gasteiger partial charge in [0.25, 0.3) is 0 Å². The molecule has 1 aromatic carbocycles. The number of methoxy groups -OCH3 is 1. The summed E-state index contributed by atoms with van der Waals surface area (Å²) in [4.78, 5) is 53.7. The molecule has 12 heteroatoms. The Labute approximate surface area is 217 Å². The van der Waals surface area contributed by atoms with Gasteiger partial charge in [-0.3, -0.25) is 10.6 Å². The van der Waals surface area contributed by atoms with Crippen LogP contribution < -0.4 is 16.0 Å². The second-order valence-electron chi connectivity index (χ2n) is 10.9. The van der Waals surface area contributed by atoms with E-state index in [0.717, 1.165) is 0 Å². The summed E-state index contributed by atoms with van der Waals surface area (Å²) in [7, 11) is 1.18. The van der Waals surface area contributed by atoms with Crippen molar-refractivity contribution < 1.29 is 38.1 Å². The maximum absolute atomic E-state index is 12.4. The summed E-state index contributed by atoms with van der Waals surface area (Å²) >= 11 is 0. The fourth-order valence-electron chi connectivity index (χ4n) is 2.61. The van der Waals surface area contributed by atoms with E-state index < -0.39 is 47.1 Å². The van der Waals surface area contributed by atoms with Gasteiger partial charge in [-0.1, -0.05) is 12.1 Å². The number of hydrogen-bond donors (Lipinski definition) is 3. The van der Waals surface area contributed by atoms with Crippen molar-refractivity contribution >= 4 is 35.9 Å². The van der Waals surface area contributed by atoms with E-state index in [0.29, 0.717) is 5.56 Å². The average Bonchev–Trinajstić information content (AvgIpc) is 2.67. The van der Waals surface area contributed by atoms with E-state index in [-0.39, 0.29) is 11.6 Å². The van der Waals surface area contributed by atoms with Crippen LogP contribution in [0.4, 0.5) is 20.1 Å². The van der Waals surface area contributed by atoms with Crippen LogP contribution in [0.15, 0.2) is 29.3 Å². The number of ether oxygens (including phenoxy) is 4. The summed E-state index contributed by atoms with van der Waals surface area (Å²) < 4.78 is 20.5. The van der Waals surface area contributed by atoms with Crippen LogP contribution >= 0.6 is 0 Å². The Kier molecular flexibility index (Phi) is 10.5. The van der Waals surface area contributed by atoms with Gasteiger partial charge in [-0.15, -0.1) is 0 Å². The van der Waals surface area contributed by atoms with Gasteiger partial charge in [0, 0.05) is 0 Å². The largest absolute Gasteiger partial charge is 0.467 e. The quantitative estimate of drug-likeness (QED) is 0.227. The molecule has 1 rings (SSSR count). The number of alkyl carbamates (subject to hydrolysis) is 3. The molecule has 1 aromatic rings. The Hall–Kier alpha value is -3.83. The lowest BCUT2D eigenvalue weighted by Gasteiger charge is -2.23. The van der Waals surface area contributed by atoms with Gasteiger partial charge in [0.05, 0.1) is 12.8 Å². The topological polar surface area (TPSA) is 154 Å². The molecule has 0 heterocycles. The van der Waals surface area contributed by atoms with Crippen LogP contribution in [0.2, 0.25) is 0 Å². The Morgan fingerprint density at radius 1 is 0.757 bits per heavy atom. The molecular formula is C25H38N4O8. The zero-order valence-electron chi connectivity index (χ0n) is 23.1. The minimum absolute atomic E-state index is 0.222. The lowest BCUT2D eigenvalue weighted by molar-refractivity contribution is -0.143. The van der Waals surface area contributed by atoms with Gasteiger partial charge in [-0.2, -0.15) is 0 Å². The molecule has 3 amide bonds. The summed E-state index contributed by atoms with van der Waals surface area (Å²) in [5.74, 6) is -1.03. The Bertz CT molecular complexity index is 985. The summed E-state index contributed by atoms with van der Waals surface area (Å²) in [5.41, 5.74) is -1.86. The highest BCUT2D eigenvalue weighted by molar-refractivity contribution is 6.02. The third-order valence-electron chi connectivity index (χ3n) is 3.78. The van der Waals surface area contributed by atoms with Crippen molar-refractivity contribution in [1.82, 2.24) is 16.0 Å². The van der Waals surface area contributed by atoms with Gasteiger partial charge in [0.15, 0.2) is 6.04 Å². The molecule has 0 unspecified atom stereocenters. The van der Waals surface area contributed by atoms with Gasteiger partial charge < -0.3 is 24.3 Å². The van der Waals surface area contributed by atoms with Crippen molar-refractivity contribution in [1.29, 1.82) is 0 Å². The maximum atomic E-state index is 12.4.